The summed E-state index contributed by atoms with van der Waals surface area (Å²) in [6.07, 6.45) is 0. The molecule has 0 radical (unpaired) electrons. The quantitative estimate of drug-likeness (QED) is 0.473. The van der Waals surface area contributed by atoms with Crippen LogP contribution in [0.15, 0.2) is 24.3 Å². The lowest BCUT2D eigenvalue weighted by atomic mass is 9.96. The predicted molar refractivity (Wildman–Crippen MR) is 67.9 cm³/mol. The van der Waals surface area contributed by atoms with Crippen LogP contribution in [-0.4, -0.2) is 23.3 Å². The molecular weight excluding hydrogens is 248 g/mol. The van der Waals surface area contributed by atoms with Crippen molar-refractivity contribution < 1.29 is 23.9 Å². The maximum absolute atomic E-state index is 12.2. The number of rotatable bonds is 4. The van der Waals surface area contributed by atoms with E-state index in [1.807, 2.05) is 0 Å². The number of ketones is 1. The fourth-order valence-electron chi connectivity index (χ4n) is 1.59. The molecule has 0 aromatic heterocycles. The van der Waals surface area contributed by atoms with E-state index in [0.717, 1.165) is 0 Å². The van der Waals surface area contributed by atoms with Crippen LogP contribution in [0.25, 0.3) is 0 Å². The van der Waals surface area contributed by atoms with E-state index in [1.165, 1.54) is 52.0 Å². The molecule has 0 atom stereocenters. The van der Waals surface area contributed by atoms with Crippen LogP contribution in [0.4, 0.5) is 0 Å². The lowest BCUT2D eigenvalue weighted by Gasteiger charge is -2.22. The van der Waals surface area contributed by atoms with Crippen LogP contribution in [-0.2, 0) is 14.3 Å². The summed E-state index contributed by atoms with van der Waals surface area (Å²) in [5, 5.41) is 0. The second kappa shape index (κ2) is 5.65. The summed E-state index contributed by atoms with van der Waals surface area (Å²) in [5.41, 5.74) is -0.850. The second-order valence-electron chi connectivity index (χ2n) is 4.55. The summed E-state index contributed by atoms with van der Waals surface area (Å²) in [7, 11) is 0. The first-order valence-corrected chi connectivity index (χ1v) is 5.75. The van der Waals surface area contributed by atoms with Crippen molar-refractivity contribution in [1.29, 1.82) is 0 Å². The SMILES string of the molecule is CC(=O)Oc1ccc(C(=O)C(C)(C)OC(C)=O)cc1. The number of benzene rings is 1. The molecule has 1 aromatic rings. The Balaban J connectivity index is 2.88. The topological polar surface area (TPSA) is 69.7 Å². The second-order valence-corrected chi connectivity index (χ2v) is 4.55. The lowest BCUT2D eigenvalue weighted by Crippen LogP contribution is -2.36. The average molecular weight is 264 g/mol. The van der Waals surface area contributed by atoms with Crippen molar-refractivity contribution >= 4 is 17.7 Å². The van der Waals surface area contributed by atoms with Crippen molar-refractivity contribution in [3.05, 3.63) is 29.8 Å². The third-order valence-corrected chi connectivity index (χ3v) is 2.32. The van der Waals surface area contributed by atoms with E-state index in [4.69, 9.17) is 9.47 Å². The standard InChI is InChI=1S/C14H16O5/c1-9(15)18-12-7-5-11(6-8-12)13(17)14(3,4)19-10(2)16/h5-8H,1-4H3. The van der Waals surface area contributed by atoms with Crippen molar-refractivity contribution in [1.82, 2.24) is 0 Å². The smallest absolute Gasteiger partial charge is 0.308 e. The van der Waals surface area contributed by atoms with E-state index in [-0.39, 0.29) is 5.78 Å². The zero-order chi connectivity index (χ0) is 14.6. The van der Waals surface area contributed by atoms with E-state index < -0.39 is 17.5 Å². The van der Waals surface area contributed by atoms with E-state index in [2.05, 4.69) is 0 Å². The van der Waals surface area contributed by atoms with Crippen LogP contribution in [0.2, 0.25) is 0 Å². The van der Waals surface area contributed by atoms with Gasteiger partial charge in [0.25, 0.3) is 0 Å². The number of carbonyl (C=O) groups is 3. The third-order valence-electron chi connectivity index (χ3n) is 2.32. The highest BCUT2D eigenvalue weighted by atomic mass is 16.6. The van der Waals surface area contributed by atoms with Crippen LogP contribution >= 0.6 is 0 Å². The highest BCUT2D eigenvalue weighted by Crippen LogP contribution is 2.20. The van der Waals surface area contributed by atoms with Crippen molar-refractivity contribution in [2.24, 2.45) is 0 Å². The summed E-state index contributed by atoms with van der Waals surface area (Å²) in [6, 6.07) is 6.06. The van der Waals surface area contributed by atoms with Crippen molar-refractivity contribution in [2.75, 3.05) is 0 Å². The maximum atomic E-state index is 12.2. The Kier molecular flexibility index (Phi) is 4.43. The Morgan fingerprint density at radius 3 is 1.89 bits per heavy atom. The molecule has 0 saturated carbocycles. The van der Waals surface area contributed by atoms with Gasteiger partial charge in [0.1, 0.15) is 5.75 Å². The van der Waals surface area contributed by atoms with Crippen LogP contribution in [0.1, 0.15) is 38.1 Å². The monoisotopic (exact) mass is 264 g/mol. The highest BCUT2D eigenvalue weighted by molar-refractivity contribution is 6.03. The summed E-state index contributed by atoms with van der Waals surface area (Å²) in [4.78, 5) is 33.9. The molecule has 0 saturated heterocycles. The van der Waals surface area contributed by atoms with Gasteiger partial charge >= 0.3 is 11.9 Å². The minimum absolute atomic E-state index is 0.322. The molecule has 0 aliphatic heterocycles. The molecule has 5 nitrogen and oxygen atoms in total. The number of Topliss-reactive ketones (excluding diaryl/α,β-unsaturated/α-hetero) is 1. The zero-order valence-electron chi connectivity index (χ0n) is 11.4. The normalized spacial score (nSPS) is 10.7. The average Bonchev–Trinajstić information content (AvgIpc) is 2.26. The van der Waals surface area contributed by atoms with Gasteiger partial charge in [0.05, 0.1) is 0 Å². The van der Waals surface area contributed by atoms with Gasteiger partial charge in [0.2, 0.25) is 5.78 Å². The number of hydrogen-bond donors (Lipinski definition) is 0. The number of esters is 2. The molecule has 0 fully saturated rings. The van der Waals surface area contributed by atoms with Gasteiger partial charge in [-0.25, -0.2) is 0 Å². The van der Waals surface area contributed by atoms with E-state index >= 15 is 0 Å². The number of carbonyl (C=O) groups excluding carboxylic acids is 3. The molecule has 1 rings (SSSR count). The summed E-state index contributed by atoms with van der Waals surface area (Å²) < 4.78 is 9.84. The highest BCUT2D eigenvalue weighted by Gasteiger charge is 2.31. The van der Waals surface area contributed by atoms with Gasteiger partial charge in [-0.2, -0.15) is 0 Å². The van der Waals surface area contributed by atoms with Crippen molar-refractivity contribution in [3.63, 3.8) is 0 Å². The summed E-state index contributed by atoms with van der Waals surface area (Å²) >= 11 is 0. The molecule has 19 heavy (non-hydrogen) atoms. The molecule has 0 spiro atoms. The Morgan fingerprint density at radius 1 is 0.947 bits per heavy atom. The Labute approximate surface area is 111 Å². The minimum Gasteiger partial charge on any atom is -0.451 e. The summed E-state index contributed by atoms with van der Waals surface area (Å²) in [5.74, 6) is -0.916. The summed E-state index contributed by atoms with van der Waals surface area (Å²) in [6.45, 7) is 5.59. The first-order chi connectivity index (χ1) is 8.72. The van der Waals surface area contributed by atoms with Crippen LogP contribution in [0.5, 0.6) is 5.75 Å². The largest absolute Gasteiger partial charge is 0.451 e. The van der Waals surface area contributed by atoms with Crippen LogP contribution in [0, 0.1) is 0 Å². The first kappa shape index (κ1) is 14.9. The molecule has 1 aromatic carbocycles. The Morgan fingerprint density at radius 2 is 1.47 bits per heavy atom. The number of hydrogen-bond acceptors (Lipinski definition) is 5. The van der Waals surface area contributed by atoms with Gasteiger partial charge < -0.3 is 9.47 Å². The maximum Gasteiger partial charge on any atom is 0.308 e. The van der Waals surface area contributed by atoms with Crippen molar-refractivity contribution in [3.8, 4) is 5.75 Å². The molecular formula is C14H16O5. The fourth-order valence-corrected chi connectivity index (χ4v) is 1.59. The number of ether oxygens (including phenoxy) is 2. The molecule has 5 heteroatoms. The molecule has 0 unspecified atom stereocenters. The molecule has 0 N–H and O–H groups in total. The zero-order valence-corrected chi connectivity index (χ0v) is 11.4. The molecule has 0 amide bonds. The molecule has 0 aliphatic rings. The lowest BCUT2D eigenvalue weighted by molar-refractivity contribution is -0.149. The molecule has 0 heterocycles. The predicted octanol–water partition coefficient (Wildman–Crippen LogP) is 2.14. The molecule has 0 aliphatic carbocycles. The van der Waals surface area contributed by atoms with Crippen LogP contribution < -0.4 is 4.74 Å². The van der Waals surface area contributed by atoms with Crippen LogP contribution in [0.3, 0.4) is 0 Å². The Bertz CT molecular complexity index is 499. The van der Waals surface area contributed by atoms with Crippen molar-refractivity contribution in [2.45, 2.75) is 33.3 Å². The van der Waals surface area contributed by atoms with Gasteiger partial charge in [-0.15, -0.1) is 0 Å². The van der Waals surface area contributed by atoms with Gasteiger partial charge in [0.15, 0.2) is 5.60 Å². The third kappa shape index (κ3) is 4.21. The Hall–Kier alpha value is -2.17. The van der Waals surface area contributed by atoms with Gasteiger partial charge in [-0.1, -0.05) is 0 Å². The first-order valence-electron chi connectivity index (χ1n) is 5.75. The van der Waals surface area contributed by atoms with Gasteiger partial charge in [0, 0.05) is 19.4 Å². The molecule has 102 valence electrons. The van der Waals surface area contributed by atoms with E-state index in [0.29, 0.717) is 11.3 Å². The van der Waals surface area contributed by atoms with Gasteiger partial charge in [-0.3, -0.25) is 14.4 Å². The van der Waals surface area contributed by atoms with E-state index in [9.17, 15) is 14.4 Å². The minimum atomic E-state index is -1.23. The fraction of sp³-hybridized carbons (Fsp3) is 0.357. The van der Waals surface area contributed by atoms with E-state index in [1.54, 1.807) is 0 Å². The molecule has 0 bridgehead atoms. The van der Waals surface area contributed by atoms with Gasteiger partial charge in [-0.05, 0) is 38.1 Å².